The minimum Gasteiger partial charge on any atom is -0.467 e. The summed E-state index contributed by atoms with van der Waals surface area (Å²) in [5.74, 6) is -3.09. The zero-order chi connectivity index (χ0) is 20.1. The number of carbonyl (C=O) groups excluding carboxylic acids is 2. The number of benzene rings is 1. The molecule has 1 heterocycles. The maximum Gasteiger partial charge on any atom is 0.410 e. The van der Waals surface area contributed by atoms with Crippen molar-refractivity contribution in [1.82, 2.24) is 10.2 Å². The molecule has 0 radical (unpaired) electrons. The first-order valence-electron chi connectivity index (χ1n) is 9.57. The van der Waals surface area contributed by atoms with Crippen LogP contribution in [-0.2, 0) is 20.9 Å². The number of halogens is 2. The predicted octanol–water partition coefficient (Wildman–Crippen LogP) is 3.11. The number of ether oxygens (including phenoxy) is 2. The van der Waals surface area contributed by atoms with E-state index in [0.717, 1.165) is 5.56 Å². The van der Waals surface area contributed by atoms with Gasteiger partial charge >= 0.3 is 12.1 Å². The van der Waals surface area contributed by atoms with E-state index in [1.165, 1.54) is 12.0 Å². The first-order valence-corrected chi connectivity index (χ1v) is 9.57. The van der Waals surface area contributed by atoms with Crippen molar-refractivity contribution in [2.75, 3.05) is 13.7 Å². The summed E-state index contributed by atoms with van der Waals surface area (Å²) >= 11 is 0. The Hall–Kier alpha value is -2.22. The lowest BCUT2D eigenvalue weighted by Crippen LogP contribution is -2.44. The summed E-state index contributed by atoms with van der Waals surface area (Å²) in [7, 11) is 1.28. The fraction of sp³-hybridized carbons (Fsp3) is 0.600. The molecule has 1 N–H and O–H groups in total. The molecule has 28 heavy (non-hydrogen) atoms. The van der Waals surface area contributed by atoms with Crippen LogP contribution in [0.15, 0.2) is 30.3 Å². The van der Waals surface area contributed by atoms with Gasteiger partial charge in [0, 0.05) is 31.5 Å². The molecule has 1 aromatic carbocycles. The molecule has 8 heteroatoms. The van der Waals surface area contributed by atoms with E-state index in [2.05, 4.69) is 5.32 Å². The summed E-state index contributed by atoms with van der Waals surface area (Å²) in [6, 6.07) is 8.32. The molecule has 1 saturated heterocycles. The quantitative estimate of drug-likeness (QED) is 0.775. The lowest BCUT2D eigenvalue weighted by Gasteiger charge is -2.30. The smallest absolute Gasteiger partial charge is 0.410 e. The Bertz CT molecular complexity index is 676. The number of methoxy groups -OCH3 is 1. The van der Waals surface area contributed by atoms with E-state index in [0.29, 0.717) is 19.3 Å². The van der Waals surface area contributed by atoms with E-state index in [9.17, 15) is 18.4 Å². The van der Waals surface area contributed by atoms with Crippen LogP contribution < -0.4 is 5.32 Å². The van der Waals surface area contributed by atoms with Gasteiger partial charge in [-0.05, 0) is 24.8 Å². The summed E-state index contributed by atoms with van der Waals surface area (Å²) in [5, 5.41) is 3.33. The molecule has 3 rings (SSSR count). The summed E-state index contributed by atoms with van der Waals surface area (Å²) in [5.41, 5.74) is 0.850. The van der Waals surface area contributed by atoms with Crippen LogP contribution in [0, 0.1) is 0 Å². The number of esters is 1. The van der Waals surface area contributed by atoms with Crippen molar-refractivity contribution in [2.24, 2.45) is 0 Å². The molecule has 1 aromatic rings. The first-order chi connectivity index (χ1) is 13.4. The van der Waals surface area contributed by atoms with Crippen LogP contribution in [0.3, 0.4) is 0 Å². The Morgan fingerprint density at radius 2 is 1.86 bits per heavy atom. The normalized spacial score (nSPS) is 24.8. The lowest BCUT2D eigenvalue weighted by molar-refractivity contribution is -0.145. The van der Waals surface area contributed by atoms with E-state index in [1.54, 1.807) is 0 Å². The molecule has 0 aromatic heterocycles. The summed E-state index contributed by atoms with van der Waals surface area (Å²) in [6.07, 6.45) is 0.274. The minimum atomic E-state index is -2.59. The van der Waals surface area contributed by atoms with Crippen LogP contribution in [0.2, 0.25) is 0 Å². The SMILES string of the molecule is COC(=O)[C@@H]1C[C@H](NC2CCC(F)(F)CC2)CN1C(=O)OCc1ccccc1. The van der Waals surface area contributed by atoms with Crippen molar-refractivity contribution in [1.29, 1.82) is 0 Å². The van der Waals surface area contributed by atoms with Gasteiger partial charge in [0.25, 0.3) is 0 Å². The minimum absolute atomic E-state index is 0.0387. The van der Waals surface area contributed by atoms with Gasteiger partial charge < -0.3 is 14.8 Å². The van der Waals surface area contributed by atoms with Gasteiger partial charge in [0.05, 0.1) is 7.11 Å². The number of rotatable bonds is 5. The average Bonchev–Trinajstić information content (AvgIpc) is 3.12. The van der Waals surface area contributed by atoms with Crippen molar-refractivity contribution in [3.8, 4) is 0 Å². The third kappa shape index (κ3) is 5.19. The van der Waals surface area contributed by atoms with Crippen molar-refractivity contribution in [3.05, 3.63) is 35.9 Å². The molecule has 6 nitrogen and oxygen atoms in total. The second-order valence-electron chi connectivity index (χ2n) is 7.46. The third-order valence-electron chi connectivity index (χ3n) is 5.40. The molecule has 1 saturated carbocycles. The van der Waals surface area contributed by atoms with Crippen molar-refractivity contribution in [2.45, 2.75) is 62.8 Å². The van der Waals surface area contributed by atoms with E-state index >= 15 is 0 Å². The maximum atomic E-state index is 13.3. The zero-order valence-corrected chi connectivity index (χ0v) is 15.9. The van der Waals surface area contributed by atoms with E-state index < -0.39 is 24.0 Å². The van der Waals surface area contributed by atoms with Crippen molar-refractivity contribution < 1.29 is 27.8 Å². The third-order valence-corrected chi connectivity index (χ3v) is 5.40. The van der Waals surface area contributed by atoms with Gasteiger partial charge in [-0.25, -0.2) is 18.4 Å². The topological polar surface area (TPSA) is 67.9 Å². The van der Waals surface area contributed by atoms with Crippen LogP contribution in [0.1, 0.15) is 37.7 Å². The van der Waals surface area contributed by atoms with Gasteiger partial charge in [0.1, 0.15) is 12.6 Å². The second kappa shape index (κ2) is 8.86. The molecule has 0 bridgehead atoms. The Labute approximate surface area is 163 Å². The lowest BCUT2D eigenvalue weighted by atomic mass is 9.91. The molecule has 1 amide bonds. The Morgan fingerprint density at radius 3 is 2.50 bits per heavy atom. The summed E-state index contributed by atoms with van der Waals surface area (Å²) in [6.45, 7) is 0.389. The predicted molar refractivity (Wildman–Crippen MR) is 97.9 cm³/mol. The van der Waals surface area contributed by atoms with Crippen molar-refractivity contribution >= 4 is 12.1 Å². The summed E-state index contributed by atoms with van der Waals surface area (Å²) in [4.78, 5) is 26.0. The van der Waals surface area contributed by atoms with Gasteiger partial charge in [-0.15, -0.1) is 0 Å². The molecule has 2 atom stereocenters. The monoisotopic (exact) mass is 396 g/mol. The van der Waals surface area contributed by atoms with Gasteiger partial charge in [0.2, 0.25) is 5.92 Å². The van der Waals surface area contributed by atoms with Gasteiger partial charge in [-0.2, -0.15) is 0 Å². The van der Waals surface area contributed by atoms with Crippen LogP contribution >= 0.6 is 0 Å². The van der Waals surface area contributed by atoms with Gasteiger partial charge in [-0.1, -0.05) is 30.3 Å². The molecular formula is C20H26F2N2O4. The highest BCUT2D eigenvalue weighted by molar-refractivity contribution is 5.82. The highest BCUT2D eigenvalue weighted by Gasteiger charge is 2.43. The number of nitrogens with zero attached hydrogens (tertiary/aromatic N) is 1. The zero-order valence-electron chi connectivity index (χ0n) is 15.9. The number of hydrogen-bond donors (Lipinski definition) is 1. The first kappa shape index (κ1) is 20.5. The Kier molecular flexibility index (Phi) is 6.49. The number of nitrogens with one attached hydrogen (secondary N) is 1. The Balaban J connectivity index is 1.57. The number of likely N-dealkylation sites (tertiary alicyclic amines) is 1. The van der Waals surface area contributed by atoms with Crippen LogP contribution in [0.25, 0.3) is 0 Å². The van der Waals surface area contributed by atoms with Crippen LogP contribution in [0.5, 0.6) is 0 Å². The number of hydrogen-bond acceptors (Lipinski definition) is 5. The second-order valence-corrected chi connectivity index (χ2v) is 7.46. The molecule has 1 aliphatic heterocycles. The number of carbonyl (C=O) groups is 2. The molecule has 154 valence electrons. The van der Waals surface area contributed by atoms with E-state index in [4.69, 9.17) is 9.47 Å². The highest BCUT2D eigenvalue weighted by atomic mass is 19.3. The molecular weight excluding hydrogens is 370 g/mol. The number of amides is 1. The molecule has 0 unspecified atom stereocenters. The molecule has 2 fully saturated rings. The van der Waals surface area contributed by atoms with Gasteiger partial charge in [0.15, 0.2) is 0 Å². The fourth-order valence-electron chi connectivity index (χ4n) is 3.86. The molecule has 0 spiro atoms. The highest BCUT2D eigenvalue weighted by Crippen LogP contribution is 2.33. The van der Waals surface area contributed by atoms with Gasteiger partial charge in [-0.3, -0.25) is 4.90 Å². The van der Waals surface area contributed by atoms with Crippen LogP contribution in [0.4, 0.5) is 13.6 Å². The Morgan fingerprint density at radius 1 is 1.18 bits per heavy atom. The maximum absolute atomic E-state index is 13.3. The fourth-order valence-corrected chi connectivity index (χ4v) is 3.86. The summed E-state index contributed by atoms with van der Waals surface area (Å²) < 4.78 is 36.9. The van der Waals surface area contributed by atoms with Crippen LogP contribution in [-0.4, -0.2) is 54.7 Å². The largest absolute Gasteiger partial charge is 0.467 e. The number of alkyl halides is 2. The van der Waals surface area contributed by atoms with Crippen molar-refractivity contribution in [3.63, 3.8) is 0 Å². The molecule has 2 aliphatic rings. The molecule has 1 aliphatic carbocycles. The standard InChI is InChI=1S/C20H26F2N2O4/c1-27-18(25)17-11-16(23-15-7-9-20(21,22)10-8-15)12-24(17)19(26)28-13-14-5-3-2-4-6-14/h2-6,15-17,23H,7-13H2,1H3/t16-,17-/m0/s1. The van der Waals surface area contributed by atoms with E-state index in [-0.39, 0.29) is 38.1 Å². The van der Waals surface area contributed by atoms with E-state index in [1.807, 2.05) is 30.3 Å². The average molecular weight is 396 g/mol.